The third kappa shape index (κ3) is 2.36. The lowest BCUT2D eigenvalue weighted by Gasteiger charge is -2.08. The molecule has 1 aromatic heterocycles. The lowest BCUT2D eigenvalue weighted by Crippen LogP contribution is -2.15. The van der Waals surface area contributed by atoms with Crippen LogP contribution in [-0.4, -0.2) is 27.6 Å². The van der Waals surface area contributed by atoms with Crippen LogP contribution in [0.4, 0.5) is 0 Å². The van der Waals surface area contributed by atoms with E-state index in [4.69, 9.17) is 0 Å². The number of rotatable bonds is 2. The van der Waals surface area contributed by atoms with Crippen LogP contribution in [0.3, 0.4) is 0 Å². The van der Waals surface area contributed by atoms with Gasteiger partial charge in [0.2, 0.25) is 0 Å². The zero-order valence-electron chi connectivity index (χ0n) is 6.82. The number of hydrogen-bond acceptors (Lipinski definition) is 2. The molecule has 0 aliphatic rings. The molecule has 0 spiro atoms. The largest absolute Gasteiger partial charge is 0.262 e. The van der Waals surface area contributed by atoms with Crippen molar-refractivity contribution < 1.29 is 4.21 Å². The molecule has 1 aromatic rings. The predicted octanol–water partition coefficient (Wildman–Crippen LogP) is 1.43. The highest BCUT2D eigenvalue weighted by molar-refractivity contribution is 9.10. The second-order valence-corrected chi connectivity index (χ2v) is 5.02. The van der Waals surface area contributed by atoms with Gasteiger partial charge in [-0.1, -0.05) is 0 Å². The van der Waals surface area contributed by atoms with E-state index in [1.165, 1.54) is 0 Å². The Morgan fingerprint density at radius 1 is 1.50 bits per heavy atom. The molecule has 5 heteroatoms. The average Bonchev–Trinajstić information content (AvgIpc) is 2.03. The third-order valence-electron chi connectivity index (χ3n) is 1.21. The van der Waals surface area contributed by atoms with Gasteiger partial charge >= 0.3 is 0 Å². The minimum Gasteiger partial charge on any atom is -0.262 e. The summed E-state index contributed by atoms with van der Waals surface area (Å²) in [5.41, 5.74) is 0. The lowest BCUT2D eigenvalue weighted by atomic mass is 10.5. The Morgan fingerprint density at radius 2 is 2.17 bits per heavy atom. The Hall–Kier alpha value is -0.260. The highest BCUT2D eigenvalue weighted by atomic mass is 79.9. The highest BCUT2D eigenvalue weighted by Gasteiger charge is 2.06. The second-order valence-electron chi connectivity index (χ2n) is 2.40. The fourth-order valence-electron chi connectivity index (χ4n) is 0.699. The minimum atomic E-state index is -1.10. The predicted molar refractivity (Wildman–Crippen MR) is 52.0 cm³/mol. The topological polar surface area (TPSA) is 33.2 Å². The van der Waals surface area contributed by atoms with Crippen molar-refractivity contribution in [2.45, 2.75) is 4.90 Å². The summed E-state index contributed by atoms with van der Waals surface area (Å²) in [6.45, 7) is 0. The van der Waals surface area contributed by atoms with Gasteiger partial charge in [-0.3, -0.25) is 4.98 Å². The summed E-state index contributed by atoms with van der Waals surface area (Å²) in [6.07, 6.45) is 3.26. The molecule has 0 radical (unpaired) electrons. The van der Waals surface area contributed by atoms with E-state index >= 15 is 0 Å². The van der Waals surface area contributed by atoms with Gasteiger partial charge < -0.3 is 0 Å². The van der Waals surface area contributed by atoms with Crippen molar-refractivity contribution in [1.29, 1.82) is 0 Å². The summed E-state index contributed by atoms with van der Waals surface area (Å²) >= 11 is 3.26. The molecule has 0 saturated heterocycles. The van der Waals surface area contributed by atoms with Crippen LogP contribution in [0.25, 0.3) is 0 Å². The maximum atomic E-state index is 11.5. The third-order valence-corrected chi connectivity index (χ3v) is 2.94. The van der Waals surface area contributed by atoms with Gasteiger partial charge in [-0.25, -0.2) is 8.51 Å². The summed E-state index contributed by atoms with van der Waals surface area (Å²) in [6, 6.07) is 1.79. The van der Waals surface area contributed by atoms with Gasteiger partial charge in [-0.05, 0) is 36.1 Å². The van der Waals surface area contributed by atoms with Gasteiger partial charge in [0.1, 0.15) is 11.0 Å². The number of pyridine rings is 1. The van der Waals surface area contributed by atoms with Crippen LogP contribution in [0.5, 0.6) is 0 Å². The molecule has 0 saturated carbocycles. The molecule has 12 heavy (non-hydrogen) atoms. The molecule has 1 rings (SSSR count). The molecular formula is C7H9BrN2OS. The lowest BCUT2D eigenvalue weighted by molar-refractivity contribution is 0.602. The quantitative estimate of drug-likeness (QED) is 0.794. The first-order chi connectivity index (χ1) is 5.61. The van der Waals surface area contributed by atoms with E-state index in [0.717, 1.165) is 4.47 Å². The first kappa shape index (κ1) is 9.83. The van der Waals surface area contributed by atoms with Crippen molar-refractivity contribution in [3.05, 3.63) is 22.9 Å². The summed E-state index contributed by atoms with van der Waals surface area (Å²) in [5, 5.41) is 0. The first-order valence-electron chi connectivity index (χ1n) is 3.31. The number of halogens is 1. The Balaban J connectivity index is 2.96. The van der Waals surface area contributed by atoms with Crippen LogP contribution in [-0.2, 0) is 11.0 Å². The smallest absolute Gasteiger partial charge is 0.128 e. The highest BCUT2D eigenvalue weighted by Crippen LogP contribution is 2.13. The van der Waals surface area contributed by atoms with Crippen LogP contribution in [0.1, 0.15) is 0 Å². The Bertz CT molecular complexity index is 303. The SMILES string of the molecule is CN(C)S(=O)c1cncc(Br)c1. The van der Waals surface area contributed by atoms with Crippen LogP contribution in [0.15, 0.2) is 27.8 Å². The van der Waals surface area contributed by atoms with Crippen LogP contribution < -0.4 is 0 Å². The Labute approximate surface area is 82.5 Å². The van der Waals surface area contributed by atoms with E-state index in [1.807, 2.05) is 0 Å². The van der Waals surface area contributed by atoms with Crippen molar-refractivity contribution in [3.63, 3.8) is 0 Å². The molecule has 3 nitrogen and oxygen atoms in total. The average molecular weight is 249 g/mol. The molecule has 0 aliphatic carbocycles. The molecular weight excluding hydrogens is 240 g/mol. The Kier molecular flexibility index (Phi) is 3.37. The van der Waals surface area contributed by atoms with Gasteiger partial charge in [-0.15, -0.1) is 0 Å². The first-order valence-corrected chi connectivity index (χ1v) is 5.21. The maximum absolute atomic E-state index is 11.5. The van der Waals surface area contributed by atoms with E-state index in [2.05, 4.69) is 20.9 Å². The molecule has 66 valence electrons. The van der Waals surface area contributed by atoms with Crippen LogP contribution in [0.2, 0.25) is 0 Å². The molecule has 0 N–H and O–H groups in total. The molecule has 0 aliphatic heterocycles. The van der Waals surface area contributed by atoms with Gasteiger partial charge in [0.15, 0.2) is 0 Å². The van der Waals surface area contributed by atoms with E-state index in [1.54, 1.807) is 36.9 Å². The van der Waals surface area contributed by atoms with Gasteiger partial charge in [0.25, 0.3) is 0 Å². The normalized spacial score (nSPS) is 13.3. The summed E-state index contributed by atoms with van der Waals surface area (Å²) < 4.78 is 13.9. The van der Waals surface area contributed by atoms with Crippen molar-refractivity contribution in [2.24, 2.45) is 0 Å². The molecule has 0 aromatic carbocycles. The van der Waals surface area contributed by atoms with E-state index in [-0.39, 0.29) is 0 Å². The van der Waals surface area contributed by atoms with Crippen molar-refractivity contribution in [3.8, 4) is 0 Å². The van der Waals surface area contributed by atoms with Crippen molar-refractivity contribution in [1.82, 2.24) is 9.29 Å². The minimum absolute atomic E-state index is 0.703. The summed E-state index contributed by atoms with van der Waals surface area (Å²) in [5.74, 6) is 0. The summed E-state index contributed by atoms with van der Waals surface area (Å²) in [7, 11) is 2.42. The van der Waals surface area contributed by atoms with E-state index in [9.17, 15) is 4.21 Å². The number of nitrogens with zero attached hydrogens (tertiary/aromatic N) is 2. The van der Waals surface area contributed by atoms with Crippen molar-refractivity contribution >= 4 is 26.9 Å². The molecule has 0 amide bonds. The summed E-state index contributed by atoms with van der Waals surface area (Å²) in [4.78, 5) is 4.62. The van der Waals surface area contributed by atoms with Gasteiger partial charge in [0, 0.05) is 16.9 Å². The fourth-order valence-corrected chi connectivity index (χ4v) is 2.02. The zero-order chi connectivity index (χ0) is 9.14. The molecule has 1 unspecified atom stereocenters. The monoisotopic (exact) mass is 248 g/mol. The number of hydrogen-bond donors (Lipinski definition) is 0. The molecule has 1 heterocycles. The molecule has 1 atom stereocenters. The Morgan fingerprint density at radius 3 is 2.67 bits per heavy atom. The fraction of sp³-hybridized carbons (Fsp3) is 0.286. The van der Waals surface area contributed by atoms with Gasteiger partial charge in [0.05, 0.1) is 4.90 Å². The molecule has 0 bridgehead atoms. The van der Waals surface area contributed by atoms with Crippen LogP contribution in [0, 0.1) is 0 Å². The van der Waals surface area contributed by atoms with E-state index < -0.39 is 11.0 Å². The number of aromatic nitrogens is 1. The molecule has 0 fully saturated rings. The standard InChI is InChI=1S/C7H9BrN2OS/c1-10(2)12(11)7-3-6(8)4-9-5-7/h3-5H,1-2H3. The van der Waals surface area contributed by atoms with Crippen LogP contribution >= 0.6 is 15.9 Å². The van der Waals surface area contributed by atoms with Gasteiger partial charge in [-0.2, -0.15) is 0 Å². The second kappa shape index (κ2) is 4.11. The zero-order valence-corrected chi connectivity index (χ0v) is 9.22. The van der Waals surface area contributed by atoms with E-state index in [0.29, 0.717) is 4.90 Å². The maximum Gasteiger partial charge on any atom is 0.128 e. The van der Waals surface area contributed by atoms with Crippen molar-refractivity contribution in [2.75, 3.05) is 14.1 Å².